The van der Waals surface area contributed by atoms with Crippen LogP contribution in [0, 0.1) is 5.92 Å². The minimum absolute atomic E-state index is 0.0149. The Morgan fingerprint density at radius 2 is 2.04 bits per heavy atom. The average Bonchev–Trinajstić information content (AvgIpc) is 3.33. The zero-order valence-corrected chi connectivity index (χ0v) is 17.4. The first-order valence-corrected chi connectivity index (χ1v) is 11.2. The summed E-state index contributed by atoms with van der Waals surface area (Å²) in [5.41, 5.74) is 2.38. The van der Waals surface area contributed by atoms with Crippen LogP contribution in [-0.2, 0) is 12.8 Å². The smallest absolute Gasteiger partial charge is 0.247 e. The SMILES string of the molecule is C[C@H]1CCc2c(sc3ncnc(S[C@@H](C)c4nnc(-c5ccccc5)o4)c23)C1. The molecule has 0 aliphatic heterocycles. The van der Waals surface area contributed by atoms with Gasteiger partial charge in [0.1, 0.15) is 16.2 Å². The fourth-order valence-electron chi connectivity index (χ4n) is 3.65. The van der Waals surface area contributed by atoms with E-state index < -0.39 is 0 Å². The molecule has 1 aromatic carbocycles. The summed E-state index contributed by atoms with van der Waals surface area (Å²) in [6.07, 6.45) is 5.17. The monoisotopic (exact) mass is 408 g/mol. The van der Waals surface area contributed by atoms with Gasteiger partial charge in [-0.15, -0.1) is 21.5 Å². The molecule has 3 heterocycles. The van der Waals surface area contributed by atoms with Gasteiger partial charge in [-0.3, -0.25) is 0 Å². The highest BCUT2D eigenvalue weighted by Crippen LogP contribution is 2.43. The van der Waals surface area contributed by atoms with Gasteiger partial charge < -0.3 is 4.42 Å². The molecule has 2 atom stereocenters. The van der Waals surface area contributed by atoms with Crippen molar-refractivity contribution in [2.45, 2.75) is 43.4 Å². The molecule has 0 fully saturated rings. The van der Waals surface area contributed by atoms with E-state index in [0.717, 1.165) is 34.2 Å². The Balaban J connectivity index is 1.45. The Morgan fingerprint density at radius 3 is 2.89 bits per heavy atom. The number of thioether (sulfide) groups is 1. The number of nitrogens with zero attached hydrogens (tertiary/aromatic N) is 4. The molecule has 0 spiro atoms. The van der Waals surface area contributed by atoms with E-state index in [1.165, 1.54) is 22.2 Å². The highest BCUT2D eigenvalue weighted by Gasteiger charge is 2.25. The molecule has 3 aromatic heterocycles. The molecule has 0 saturated carbocycles. The lowest BCUT2D eigenvalue weighted by molar-refractivity contribution is 0.508. The number of aryl methyl sites for hydroxylation is 1. The third-order valence-corrected chi connectivity index (χ3v) is 7.40. The van der Waals surface area contributed by atoms with Gasteiger partial charge in [-0.2, -0.15) is 0 Å². The number of benzene rings is 1. The summed E-state index contributed by atoms with van der Waals surface area (Å²) in [4.78, 5) is 11.7. The van der Waals surface area contributed by atoms with Gasteiger partial charge in [0.15, 0.2) is 0 Å². The number of hydrogen-bond donors (Lipinski definition) is 0. The summed E-state index contributed by atoms with van der Waals surface area (Å²) in [6, 6.07) is 9.86. The molecule has 5 rings (SSSR count). The van der Waals surface area contributed by atoms with Gasteiger partial charge in [0, 0.05) is 15.8 Å². The van der Waals surface area contributed by atoms with Crippen molar-refractivity contribution >= 4 is 33.3 Å². The number of fused-ring (bicyclic) bond motifs is 3. The third-order valence-electron chi connectivity index (χ3n) is 5.15. The summed E-state index contributed by atoms with van der Waals surface area (Å²) in [7, 11) is 0. The van der Waals surface area contributed by atoms with Crippen molar-refractivity contribution in [2.24, 2.45) is 5.92 Å². The average molecular weight is 409 g/mol. The minimum Gasteiger partial charge on any atom is -0.419 e. The summed E-state index contributed by atoms with van der Waals surface area (Å²) in [5.74, 6) is 1.92. The Morgan fingerprint density at radius 1 is 1.18 bits per heavy atom. The number of thiophene rings is 1. The van der Waals surface area contributed by atoms with E-state index >= 15 is 0 Å². The third kappa shape index (κ3) is 3.22. The number of rotatable bonds is 4. The predicted molar refractivity (Wildman–Crippen MR) is 113 cm³/mol. The topological polar surface area (TPSA) is 64.7 Å². The molecule has 4 aromatic rings. The summed E-state index contributed by atoms with van der Waals surface area (Å²) < 4.78 is 5.94. The molecule has 0 N–H and O–H groups in total. The highest BCUT2D eigenvalue weighted by molar-refractivity contribution is 7.99. The molecule has 28 heavy (non-hydrogen) atoms. The molecule has 7 heteroatoms. The zero-order valence-electron chi connectivity index (χ0n) is 15.8. The van der Waals surface area contributed by atoms with E-state index in [0.29, 0.717) is 11.8 Å². The highest BCUT2D eigenvalue weighted by atomic mass is 32.2. The Bertz CT molecular complexity index is 1120. The Kier molecular flexibility index (Phi) is 4.64. The van der Waals surface area contributed by atoms with Gasteiger partial charge >= 0.3 is 0 Å². The van der Waals surface area contributed by atoms with Crippen molar-refractivity contribution in [1.29, 1.82) is 0 Å². The van der Waals surface area contributed by atoms with Crippen LogP contribution in [0.2, 0.25) is 0 Å². The second-order valence-corrected chi connectivity index (χ2v) is 9.70. The predicted octanol–water partition coefficient (Wildman–Crippen LogP) is 5.72. The second kappa shape index (κ2) is 7.29. The molecule has 0 bridgehead atoms. The van der Waals surface area contributed by atoms with Crippen molar-refractivity contribution in [3.63, 3.8) is 0 Å². The number of hydrogen-bond acceptors (Lipinski definition) is 7. The van der Waals surface area contributed by atoms with Crippen molar-refractivity contribution in [3.05, 3.63) is 53.0 Å². The number of aromatic nitrogens is 4. The molecular formula is C21H20N4OS2. The van der Waals surface area contributed by atoms with Gasteiger partial charge in [-0.1, -0.05) is 36.9 Å². The Hall–Kier alpha value is -2.25. The largest absolute Gasteiger partial charge is 0.419 e. The first-order chi connectivity index (χ1) is 13.7. The van der Waals surface area contributed by atoms with Crippen LogP contribution in [-0.4, -0.2) is 20.2 Å². The van der Waals surface area contributed by atoms with Gasteiger partial charge in [-0.05, 0) is 49.8 Å². The van der Waals surface area contributed by atoms with Crippen LogP contribution in [0.5, 0.6) is 0 Å². The molecular weight excluding hydrogens is 388 g/mol. The molecule has 0 radical (unpaired) electrons. The van der Waals surface area contributed by atoms with E-state index in [1.807, 2.05) is 41.7 Å². The normalized spacial score (nSPS) is 17.6. The Labute approximate surface area is 171 Å². The van der Waals surface area contributed by atoms with Crippen LogP contribution in [0.15, 0.2) is 46.1 Å². The van der Waals surface area contributed by atoms with E-state index in [2.05, 4.69) is 34.0 Å². The van der Waals surface area contributed by atoms with Crippen molar-refractivity contribution < 1.29 is 4.42 Å². The van der Waals surface area contributed by atoms with Crippen LogP contribution < -0.4 is 0 Å². The maximum Gasteiger partial charge on any atom is 0.247 e. The maximum atomic E-state index is 5.94. The fraction of sp³-hybridized carbons (Fsp3) is 0.333. The van der Waals surface area contributed by atoms with Crippen molar-refractivity contribution in [1.82, 2.24) is 20.2 Å². The molecule has 5 nitrogen and oxygen atoms in total. The summed E-state index contributed by atoms with van der Waals surface area (Å²) in [6.45, 7) is 4.42. The lowest BCUT2D eigenvalue weighted by atomic mass is 9.89. The molecule has 0 unspecified atom stereocenters. The van der Waals surface area contributed by atoms with Crippen LogP contribution in [0.3, 0.4) is 0 Å². The zero-order chi connectivity index (χ0) is 19.1. The minimum atomic E-state index is 0.0149. The van der Waals surface area contributed by atoms with Crippen molar-refractivity contribution in [2.75, 3.05) is 0 Å². The molecule has 1 aliphatic carbocycles. The lowest BCUT2D eigenvalue weighted by Gasteiger charge is -2.18. The van der Waals surface area contributed by atoms with Gasteiger partial charge in [-0.25, -0.2) is 9.97 Å². The quantitative estimate of drug-likeness (QED) is 0.318. The van der Waals surface area contributed by atoms with Crippen LogP contribution in [0.25, 0.3) is 21.7 Å². The van der Waals surface area contributed by atoms with E-state index in [-0.39, 0.29) is 5.25 Å². The lowest BCUT2D eigenvalue weighted by Crippen LogP contribution is -2.08. The first kappa shape index (κ1) is 17.8. The van der Waals surface area contributed by atoms with Crippen LogP contribution in [0.1, 0.15) is 41.8 Å². The van der Waals surface area contributed by atoms with Gasteiger partial charge in [0.05, 0.1) is 5.25 Å². The van der Waals surface area contributed by atoms with Gasteiger partial charge in [0.25, 0.3) is 0 Å². The van der Waals surface area contributed by atoms with E-state index in [9.17, 15) is 0 Å². The molecule has 0 amide bonds. The van der Waals surface area contributed by atoms with Crippen LogP contribution in [0.4, 0.5) is 0 Å². The van der Waals surface area contributed by atoms with Crippen LogP contribution >= 0.6 is 23.1 Å². The molecule has 142 valence electrons. The summed E-state index contributed by atoms with van der Waals surface area (Å²) in [5, 5.41) is 10.8. The standard InChI is InChI=1S/C21H20N4OS2/c1-12-8-9-15-16(10-12)28-21-17(15)20(22-11-23-21)27-13(2)18-24-25-19(26-18)14-6-4-3-5-7-14/h3-7,11-13H,8-10H2,1-2H3/t12-,13-/m0/s1. The fourth-order valence-corrected chi connectivity index (χ4v) is 6.04. The van der Waals surface area contributed by atoms with Crippen molar-refractivity contribution in [3.8, 4) is 11.5 Å². The van der Waals surface area contributed by atoms with E-state index in [4.69, 9.17) is 4.42 Å². The maximum absolute atomic E-state index is 5.94. The van der Waals surface area contributed by atoms with Gasteiger partial charge in [0.2, 0.25) is 11.8 Å². The van der Waals surface area contributed by atoms with E-state index in [1.54, 1.807) is 18.1 Å². The summed E-state index contributed by atoms with van der Waals surface area (Å²) >= 11 is 3.50. The molecule has 1 aliphatic rings. The molecule has 0 saturated heterocycles. The second-order valence-electron chi connectivity index (χ2n) is 7.28. The first-order valence-electron chi connectivity index (χ1n) is 9.49.